The van der Waals surface area contributed by atoms with Crippen LogP contribution in [0.15, 0.2) is 0 Å². The fourth-order valence-electron chi connectivity index (χ4n) is 1.14. The fraction of sp³-hybridized carbons (Fsp3) is 1.00. The highest BCUT2D eigenvalue weighted by Crippen LogP contribution is 2.10. The second kappa shape index (κ2) is 3.54. The Morgan fingerprint density at radius 1 is 1.44 bits per heavy atom. The summed E-state index contributed by atoms with van der Waals surface area (Å²) in [6, 6.07) is 0. The Morgan fingerprint density at radius 3 is 2.44 bits per heavy atom. The van der Waals surface area contributed by atoms with Crippen LogP contribution in [0.25, 0.3) is 0 Å². The van der Waals surface area contributed by atoms with E-state index in [9.17, 15) is 5.11 Å². The number of alkyl halides is 1. The van der Waals surface area contributed by atoms with E-state index in [1.54, 1.807) is 0 Å². The number of likely N-dealkylation sites (tertiary alicyclic amines) is 1. The number of halogens is 1. The van der Waals surface area contributed by atoms with Crippen LogP contribution >= 0.6 is 15.9 Å². The lowest BCUT2D eigenvalue weighted by Crippen LogP contribution is -2.33. The van der Waals surface area contributed by atoms with Gasteiger partial charge in [-0.25, -0.2) is 0 Å². The van der Waals surface area contributed by atoms with Gasteiger partial charge in [0.2, 0.25) is 0 Å². The minimum atomic E-state index is -0.257. The molecule has 1 atom stereocenters. The Labute approximate surface area is 64.0 Å². The summed E-state index contributed by atoms with van der Waals surface area (Å²) in [6.45, 7) is 2.12. The average molecular weight is 194 g/mol. The molecule has 3 heteroatoms. The summed E-state index contributed by atoms with van der Waals surface area (Å²) < 4.78 is 0. The van der Waals surface area contributed by atoms with Crippen LogP contribution in [-0.2, 0) is 0 Å². The molecule has 2 nitrogen and oxygen atoms in total. The van der Waals surface area contributed by atoms with E-state index in [0.717, 1.165) is 13.1 Å². The van der Waals surface area contributed by atoms with E-state index in [1.165, 1.54) is 12.8 Å². The first-order chi connectivity index (χ1) is 4.34. The summed E-state index contributed by atoms with van der Waals surface area (Å²) in [5.74, 6) is 0. The minimum absolute atomic E-state index is 0.257. The van der Waals surface area contributed by atoms with Crippen molar-refractivity contribution in [3.8, 4) is 0 Å². The number of nitrogens with zero attached hydrogens (tertiary/aromatic N) is 1. The van der Waals surface area contributed by atoms with Gasteiger partial charge in [-0.3, -0.25) is 4.90 Å². The van der Waals surface area contributed by atoms with Crippen molar-refractivity contribution in [2.45, 2.75) is 19.1 Å². The quantitative estimate of drug-likeness (QED) is 0.657. The topological polar surface area (TPSA) is 23.5 Å². The summed E-state index contributed by atoms with van der Waals surface area (Å²) >= 11 is 3.23. The SMILES string of the molecule is OC(CBr)N1CCCC1. The summed E-state index contributed by atoms with van der Waals surface area (Å²) in [5.41, 5.74) is 0. The molecular weight excluding hydrogens is 182 g/mol. The van der Waals surface area contributed by atoms with E-state index in [1.807, 2.05) is 0 Å². The lowest BCUT2D eigenvalue weighted by atomic mass is 10.4. The molecule has 0 radical (unpaired) electrons. The van der Waals surface area contributed by atoms with Gasteiger partial charge in [-0.2, -0.15) is 0 Å². The molecule has 0 bridgehead atoms. The zero-order chi connectivity index (χ0) is 6.69. The lowest BCUT2D eigenvalue weighted by molar-refractivity contribution is 0.0419. The third kappa shape index (κ3) is 1.92. The Morgan fingerprint density at radius 2 is 2.00 bits per heavy atom. The van der Waals surface area contributed by atoms with E-state index >= 15 is 0 Å². The van der Waals surface area contributed by atoms with Gasteiger partial charge < -0.3 is 5.11 Å². The Bertz CT molecular complexity index is 83.1. The van der Waals surface area contributed by atoms with Crippen LogP contribution in [0, 0.1) is 0 Å². The van der Waals surface area contributed by atoms with Crippen molar-refractivity contribution < 1.29 is 5.11 Å². The maximum absolute atomic E-state index is 9.24. The van der Waals surface area contributed by atoms with E-state index in [-0.39, 0.29) is 6.23 Å². The molecule has 0 saturated carbocycles. The normalized spacial score (nSPS) is 24.7. The third-order valence-corrected chi connectivity index (χ3v) is 2.28. The van der Waals surface area contributed by atoms with Gasteiger partial charge in [0.05, 0.1) is 0 Å². The van der Waals surface area contributed by atoms with Gasteiger partial charge in [-0.1, -0.05) is 15.9 Å². The molecule has 0 aromatic heterocycles. The molecule has 0 aromatic carbocycles. The van der Waals surface area contributed by atoms with Gasteiger partial charge in [0.25, 0.3) is 0 Å². The first-order valence-corrected chi connectivity index (χ1v) is 4.45. The number of rotatable bonds is 2. The second-order valence-corrected chi connectivity index (χ2v) is 3.03. The van der Waals surface area contributed by atoms with E-state index < -0.39 is 0 Å². The number of hydrogen-bond acceptors (Lipinski definition) is 2. The zero-order valence-corrected chi connectivity index (χ0v) is 6.97. The van der Waals surface area contributed by atoms with Gasteiger partial charge in [-0.05, 0) is 12.8 Å². The summed E-state index contributed by atoms with van der Waals surface area (Å²) in [6.07, 6.45) is 2.22. The van der Waals surface area contributed by atoms with Crippen molar-refractivity contribution in [3.05, 3.63) is 0 Å². The molecule has 1 N–H and O–H groups in total. The zero-order valence-electron chi connectivity index (χ0n) is 5.39. The monoisotopic (exact) mass is 193 g/mol. The highest BCUT2D eigenvalue weighted by Gasteiger charge is 2.17. The predicted molar refractivity (Wildman–Crippen MR) is 40.6 cm³/mol. The summed E-state index contributed by atoms with van der Waals surface area (Å²) in [7, 11) is 0. The van der Waals surface area contributed by atoms with Crippen LogP contribution in [0.4, 0.5) is 0 Å². The van der Waals surface area contributed by atoms with Crippen molar-refractivity contribution in [1.82, 2.24) is 4.90 Å². The van der Waals surface area contributed by atoms with Gasteiger partial charge in [-0.15, -0.1) is 0 Å². The van der Waals surface area contributed by atoms with Crippen molar-refractivity contribution in [2.24, 2.45) is 0 Å². The maximum Gasteiger partial charge on any atom is 0.117 e. The Balaban J connectivity index is 2.24. The van der Waals surface area contributed by atoms with Crippen molar-refractivity contribution in [2.75, 3.05) is 18.4 Å². The molecule has 1 fully saturated rings. The molecule has 1 aliphatic rings. The van der Waals surface area contributed by atoms with E-state index in [2.05, 4.69) is 20.8 Å². The molecule has 1 rings (SSSR count). The van der Waals surface area contributed by atoms with E-state index in [0.29, 0.717) is 5.33 Å². The Kier molecular flexibility index (Phi) is 2.95. The Hall–Kier alpha value is 0.400. The molecule has 54 valence electrons. The maximum atomic E-state index is 9.24. The first-order valence-electron chi connectivity index (χ1n) is 3.32. The van der Waals surface area contributed by atoms with Crippen LogP contribution in [0.3, 0.4) is 0 Å². The molecule has 1 heterocycles. The van der Waals surface area contributed by atoms with Gasteiger partial charge in [0.1, 0.15) is 6.23 Å². The molecule has 1 aliphatic heterocycles. The van der Waals surface area contributed by atoms with Gasteiger partial charge >= 0.3 is 0 Å². The van der Waals surface area contributed by atoms with Crippen molar-refractivity contribution >= 4 is 15.9 Å². The summed E-state index contributed by atoms with van der Waals surface area (Å²) in [5, 5.41) is 9.91. The number of aliphatic hydroxyl groups is 1. The van der Waals surface area contributed by atoms with Crippen LogP contribution in [0.2, 0.25) is 0 Å². The summed E-state index contributed by atoms with van der Waals surface area (Å²) in [4.78, 5) is 2.09. The molecule has 0 amide bonds. The average Bonchev–Trinajstić information content (AvgIpc) is 2.37. The smallest absolute Gasteiger partial charge is 0.117 e. The van der Waals surface area contributed by atoms with E-state index in [4.69, 9.17) is 0 Å². The molecule has 9 heavy (non-hydrogen) atoms. The second-order valence-electron chi connectivity index (χ2n) is 2.38. The molecular formula is C6H12BrNO. The highest BCUT2D eigenvalue weighted by atomic mass is 79.9. The number of aliphatic hydroxyl groups excluding tert-OH is 1. The van der Waals surface area contributed by atoms with Gasteiger partial charge in [0.15, 0.2) is 0 Å². The minimum Gasteiger partial charge on any atom is -0.377 e. The molecule has 0 aromatic rings. The van der Waals surface area contributed by atoms with Crippen LogP contribution in [0.5, 0.6) is 0 Å². The highest BCUT2D eigenvalue weighted by molar-refractivity contribution is 9.09. The van der Waals surface area contributed by atoms with Crippen LogP contribution in [0.1, 0.15) is 12.8 Å². The largest absolute Gasteiger partial charge is 0.377 e. The van der Waals surface area contributed by atoms with Gasteiger partial charge in [0, 0.05) is 18.4 Å². The van der Waals surface area contributed by atoms with Crippen LogP contribution < -0.4 is 0 Å². The molecule has 1 saturated heterocycles. The molecule has 1 unspecified atom stereocenters. The van der Waals surface area contributed by atoms with Crippen LogP contribution in [-0.4, -0.2) is 34.7 Å². The van der Waals surface area contributed by atoms with Crippen molar-refractivity contribution in [3.63, 3.8) is 0 Å². The number of hydrogen-bond donors (Lipinski definition) is 1. The molecule has 0 aliphatic carbocycles. The molecule has 0 spiro atoms. The van der Waals surface area contributed by atoms with Crippen molar-refractivity contribution in [1.29, 1.82) is 0 Å². The standard InChI is InChI=1S/C6H12BrNO/c7-5-6(9)8-3-1-2-4-8/h6,9H,1-5H2. The predicted octanol–water partition coefficient (Wildman–Crippen LogP) is 0.796. The lowest BCUT2D eigenvalue weighted by Gasteiger charge is -2.19. The fourth-order valence-corrected chi connectivity index (χ4v) is 1.55. The third-order valence-electron chi connectivity index (χ3n) is 1.70. The first kappa shape index (κ1) is 7.51.